The number of benzene rings is 1. The molecule has 0 bridgehead atoms. The summed E-state index contributed by atoms with van der Waals surface area (Å²) in [7, 11) is -3.64. The fourth-order valence-corrected chi connectivity index (χ4v) is 6.06. The van der Waals surface area contributed by atoms with E-state index >= 15 is 0 Å². The number of nitrogens with zero attached hydrogens (tertiary/aromatic N) is 4. The summed E-state index contributed by atoms with van der Waals surface area (Å²) in [5.74, 6) is -0.528. The fraction of sp³-hybridized carbons (Fsp3) is 0.194. The molecular weight excluding hydrogens is 583 g/mol. The third kappa shape index (κ3) is 5.09. The third-order valence-electron chi connectivity index (χ3n) is 8.04. The molecule has 1 aromatic carbocycles. The lowest BCUT2D eigenvalue weighted by Crippen LogP contribution is -2.28. The maximum atomic E-state index is 14.7. The molecule has 5 N–H and O–H groups in total. The minimum Gasteiger partial charge on any atom is -0.338 e. The number of hydrogen-bond donors (Lipinski definition) is 4. The minimum atomic E-state index is -3.64. The van der Waals surface area contributed by atoms with E-state index in [1.807, 2.05) is 18.2 Å². The van der Waals surface area contributed by atoms with Crippen LogP contribution in [0.5, 0.6) is 0 Å². The summed E-state index contributed by atoms with van der Waals surface area (Å²) in [6.45, 7) is 0. The average Bonchev–Trinajstić information content (AvgIpc) is 3.59. The molecule has 0 saturated heterocycles. The van der Waals surface area contributed by atoms with Crippen LogP contribution < -0.4 is 11.1 Å². The van der Waals surface area contributed by atoms with Crippen molar-refractivity contribution in [3.8, 4) is 33.6 Å². The highest BCUT2D eigenvalue weighted by Gasteiger charge is 2.25. The summed E-state index contributed by atoms with van der Waals surface area (Å²) < 4.78 is 38.8. The number of carbonyl (C=O) groups is 1. The van der Waals surface area contributed by atoms with Gasteiger partial charge in [-0.1, -0.05) is 6.42 Å². The Balaban J connectivity index is 1.26. The summed E-state index contributed by atoms with van der Waals surface area (Å²) >= 11 is 0. The summed E-state index contributed by atoms with van der Waals surface area (Å²) in [6.07, 6.45) is 10.6. The Hall–Kier alpha value is -5.01. The lowest BCUT2D eigenvalue weighted by Gasteiger charge is -2.24. The maximum Gasteiger partial charge on any atom is 0.227 e. The first-order valence-corrected chi connectivity index (χ1v) is 15.9. The smallest absolute Gasteiger partial charge is 0.227 e. The first-order valence-electron chi connectivity index (χ1n) is 14.0. The van der Waals surface area contributed by atoms with E-state index in [2.05, 4.69) is 35.5 Å². The molecule has 222 valence electrons. The lowest BCUT2D eigenvalue weighted by atomic mass is 9.85. The lowest BCUT2D eigenvalue weighted by molar-refractivity contribution is -0.122. The standard InChI is InChI=1S/C31H27FN8O3S/c1-44(42,43)28(33)18-7-17(8-21(32)9-18)23-5-6-35-29-24(23)12-26(38-29)27-25-11-20(14-36-30(25)40-39-27)19-10-22(15-34-13-19)37-31(41)16-3-2-4-16/h5-16,28H,2-4,33H2,1H3,(H,35,38)(H,37,41)(H,36,39,40). The topological polar surface area (TPSA) is 172 Å². The predicted molar refractivity (Wildman–Crippen MR) is 165 cm³/mol. The second-order valence-electron chi connectivity index (χ2n) is 11.1. The number of aromatic nitrogens is 6. The second-order valence-corrected chi connectivity index (χ2v) is 13.3. The van der Waals surface area contributed by atoms with Crippen molar-refractivity contribution < 1.29 is 17.6 Å². The Bertz CT molecular complexity index is 2190. The molecule has 44 heavy (non-hydrogen) atoms. The molecule has 13 heteroatoms. The monoisotopic (exact) mass is 610 g/mol. The molecule has 11 nitrogen and oxygen atoms in total. The number of rotatable bonds is 7. The SMILES string of the molecule is CS(=O)(=O)C(N)c1cc(F)cc(-c2ccnc3[nH]c(-c4n[nH]c5ncc(-c6cncc(NC(=O)C7CCC7)c6)cc45)cc23)c1. The van der Waals surface area contributed by atoms with Gasteiger partial charge in [0, 0.05) is 52.7 Å². The Kier molecular flexibility index (Phi) is 6.70. The van der Waals surface area contributed by atoms with E-state index in [0.717, 1.165) is 48.1 Å². The molecule has 0 aliphatic heterocycles. The van der Waals surface area contributed by atoms with Crippen molar-refractivity contribution in [1.29, 1.82) is 0 Å². The van der Waals surface area contributed by atoms with E-state index in [9.17, 15) is 17.6 Å². The van der Waals surface area contributed by atoms with Crippen molar-refractivity contribution in [3.05, 3.63) is 78.6 Å². The van der Waals surface area contributed by atoms with Crippen LogP contribution in [0.3, 0.4) is 0 Å². The highest BCUT2D eigenvalue weighted by Crippen LogP contribution is 2.36. The number of carbonyl (C=O) groups excluding carboxylic acids is 1. The number of hydrogen-bond acceptors (Lipinski definition) is 8. The number of halogens is 1. The fourth-order valence-electron chi connectivity index (χ4n) is 5.43. The van der Waals surface area contributed by atoms with Gasteiger partial charge in [-0.15, -0.1) is 0 Å². The number of sulfone groups is 1. The molecule has 1 aliphatic rings. The molecule has 6 aromatic rings. The molecule has 1 amide bonds. The van der Waals surface area contributed by atoms with Crippen molar-refractivity contribution in [1.82, 2.24) is 30.1 Å². The van der Waals surface area contributed by atoms with E-state index in [-0.39, 0.29) is 17.4 Å². The van der Waals surface area contributed by atoms with Crippen LogP contribution in [0.2, 0.25) is 0 Å². The Labute approximate surface area is 251 Å². The van der Waals surface area contributed by atoms with Gasteiger partial charge in [-0.2, -0.15) is 5.10 Å². The maximum absolute atomic E-state index is 14.7. The van der Waals surface area contributed by atoms with Crippen LogP contribution in [0.25, 0.3) is 55.7 Å². The normalized spacial score (nSPS) is 14.5. The molecule has 0 spiro atoms. The third-order valence-corrected chi connectivity index (χ3v) is 9.23. The van der Waals surface area contributed by atoms with Crippen LogP contribution in [0.4, 0.5) is 10.1 Å². The van der Waals surface area contributed by atoms with Gasteiger partial charge in [0.1, 0.15) is 22.5 Å². The summed E-state index contributed by atoms with van der Waals surface area (Å²) in [5, 5.41) is 10.5. The van der Waals surface area contributed by atoms with Gasteiger partial charge in [-0.25, -0.2) is 22.8 Å². The van der Waals surface area contributed by atoms with E-state index in [1.54, 1.807) is 36.9 Å². The molecule has 5 aromatic heterocycles. The molecule has 7 rings (SSSR count). The van der Waals surface area contributed by atoms with Gasteiger partial charge in [-0.3, -0.25) is 14.9 Å². The van der Waals surface area contributed by atoms with Gasteiger partial charge < -0.3 is 16.0 Å². The van der Waals surface area contributed by atoms with Crippen LogP contribution in [0.15, 0.2) is 67.3 Å². The molecule has 5 heterocycles. The van der Waals surface area contributed by atoms with Gasteiger partial charge in [0.05, 0.1) is 17.6 Å². The minimum absolute atomic E-state index is 0.0143. The van der Waals surface area contributed by atoms with Gasteiger partial charge in [0.25, 0.3) is 0 Å². The van der Waals surface area contributed by atoms with Crippen LogP contribution in [0.1, 0.15) is 30.2 Å². The van der Waals surface area contributed by atoms with Crippen molar-refractivity contribution >= 4 is 43.5 Å². The zero-order valence-corrected chi connectivity index (χ0v) is 24.3. The van der Waals surface area contributed by atoms with Gasteiger partial charge in [-0.05, 0) is 72.0 Å². The molecule has 1 unspecified atom stereocenters. The van der Waals surface area contributed by atoms with E-state index in [0.29, 0.717) is 44.9 Å². The Morgan fingerprint density at radius 2 is 1.82 bits per heavy atom. The molecule has 1 saturated carbocycles. The molecule has 0 radical (unpaired) electrons. The Morgan fingerprint density at radius 1 is 1.00 bits per heavy atom. The Morgan fingerprint density at radius 3 is 2.59 bits per heavy atom. The average molecular weight is 611 g/mol. The van der Waals surface area contributed by atoms with Crippen LogP contribution in [-0.4, -0.2) is 50.7 Å². The van der Waals surface area contributed by atoms with Crippen molar-refractivity contribution in [2.75, 3.05) is 11.6 Å². The van der Waals surface area contributed by atoms with Crippen LogP contribution >= 0.6 is 0 Å². The van der Waals surface area contributed by atoms with Crippen molar-refractivity contribution in [3.63, 3.8) is 0 Å². The predicted octanol–water partition coefficient (Wildman–Crippen LogP) is 5.11. The first kappa shape index (κ1) is 27.8. The van der Waals surface area contributed by atoms with E-state index < -0.39 is 21.0 Å². The van der Waals surface area contributed by atoms with Gasteiger partial charge in [0.15, 0.2) is 15.5 Å². The number of pyridine rings is 3. The van der Waals surface area contributed by atoms with Crippen molar-refractivity contribution in [2.45, 2.75) is 24.6 Å². The highest BCUT2D eigenvalue weighted by molar-refractivity contribution is 7.90. The molecule has 1 atom stereocenters. The molecular formula is C31H27FN8O3S. The number of anilines is 1. The number of aromatic amines is 2. The highest BCUT2D eigenvalue weighted by atomic mass is 32.2. The number of H-pyrrole nitrogens is 2. The number of fused-ring (bicyclic) bond motifs is 2. The molecule has 1 fully saturated rings. The van der Waals surface area contributed by atoms with Gasteiger partial charge in [0.2, 0.25) is 5.91 Å². The summed E-state index contributed by atoms with van der Waals surface area (Å²) in [6, 6.07) is 11.4. The number of nitrogens with one attached hydrogen (secondary N) is 3. The first-order chi connectivity index (χ1) is 21.1. The van der Waals surface area contributed by atoms with Gasteiger partial charge >= 0.3 is 0 Å². The largest absolute Gasteiger partial charge is 0.338 e. The summed E-state index contributed by atoms with van der Waals surface area (Å²) in [5.41, 5.74) is 11.7. The summed E-state index contributed by atoms with van der Waals surface area (Å²) in [4.78, 5) is 29.1. The second kappa shape index (κ2) is 10.6. The van der Waals surface area contributed by atoms with Crippen LogP contribution in [0, 0.1) is 11.7 Å². The van der Waals surface area contributed by atoms with E-state index in [4.69, 9.17) is 5.73 Å². The number of amides is 1. The van der Waals surface area contributed by atoms with Crippen molar-refractivity contribution in [2.24, 2.45) is 11.7 Å². The number of nitrogens with two attached hydrogens (primary N) is 1. The van der Waals surface area contributed by atoms with E-state index in [1.165, 1.54) is 6.07 Å². The zero-order valence-electron chi connectivity index (χ0n) is 23.5. The zero-order chi connectivity index (χ0) is 30.6. The van der Waals surface area contributed by atoms with Crippen LogP contribution in [-0.2, 0) is 14.6 Å². The molecule has 1 aliphatic carbocycles. The quantitative estimate of drug-likeness (QED) is 0.193.